The highest BCUT2D eigenvalue weighted by Gasteiger charge is 2.28. The molecule has 0 radical (unpaired) electrons. The first kappa shape index (κ1) is 15.0. The topological polar surface area (TPSA) is 55.8 Å². The maximum Gasteiger partial charge on any atom is 0.309 e. The molecule has 1 heterocycles. The van der Waals surface area contributed by atoms with Crippen molar-refractivity contribution in [3.63, 3.8) is 0 Å². The lowest BCUT2D eigenvalue weighted by Crippen LogP contribution is -2.31. The van der Waals surface area contributed by atoms with E-state index < -0.39 is 11.4 Å². The number of carboxylic acids is 1. The van der Waals surface area contributed by atoms with E-state index in [1.54, 1.807) is 21.0 Å². The number of thioether (sulfide) groups is 1. The lowest BCUT2D eigenvalue weighted by atomic mass is 9.86. The summed E-state index contributed by atoms with van der Waals surface area (Å²) in [5, 5.41) is 9.18. The van der Waals surface area contributed by atoms with E-state index in [0.717, 1.165) is 22.8 Å². The van der Waals surface area contributed by atoms with Crippen molar-refractivity contribution in [1.29, 1.82) is 0 Å². The van der Waals surface area contributed by atoms with Crippen LogP contribution in [0.1, 0.15) is 19.4 Å². The van der Waals surface area contributed by atoms with Gasteiger partial charge < -0.3 is 14.6 Å². The fourth-order valence-electron chi connectivity index (χ4n) is 1.97. The maximum atomic E-state index is 11.2. The van der Waals surface area contributed by atoms with Crippen molar-refractivity contribution in [3.8, 4) is 11.5 Å². The normalized spacial score (nSPS) is 15.6. The van der Waals surface area contributed by atoms with Crippen LogP contribution in [0, 0.1) is 5.41 Å². The molecule has 1 aromatic rings. The Hall–Kier alpha value is -1.36. The Morgan fingerprint density at radius 1 is 1.40 bits per heavy atom. The van der Waals surface area contributed by atoms with Crippen LogP contribution in [0.15, 0.2) is 18.2 Å². The summed E-state index contributed by atoms with van der Waals surface area (Å²) in [5.41, 5.74) is 0.141. The molecule has 0 aliphatic carbocycles. The van der Waals surface area contributed by atoms with Gasteiger partial charge in [0.15, 0.2) is 11.5 Å². The van der Waals surface area contributed by atoms with Crippen molar-refractivity contribution in [3.05, 3.63) is 23.8 Å². The van der Waals surface area contributed by atoms with Crippen molar-refractivity contribution in [2.24, 2.45) is 5.41 Å². The summed E-state index contributed by atoms with van der Waals surface area (Å²) in [6.07, 6.45) is 0.716. The van der Waals surface area contributed by atoms with Gasteiger partial charge in [0, 0.05) is 11.5 Å². The van der Waals surface area contributed by atoms with E-state index in [-0.39, 0.29) is 6.10 Å². The Kier molecular flexibility index (Phi) is 4.48. The van der Waals surface area contributed by atoms with Crippen molar-refractivity contribution in [2.75, 3.05) is 18.6 Å². The predicted molar refractivity (Wildman–Crippen MR) is 79.9 cm³/mol. The molecule has 4 nitrogen and oxygen atoms in total. The number of hydrogen-bond donors (Lipinski definition) is 1. The van der Waals surface area contributed by atoms with Gasteiger partial charge in [-0.05, 0) is 38.0 Å². The second-order valence-corrected chi connectivity index (χ2v) is 6.70. The molecule has 0 aromatic heterocycles. The van der Waals surface area contributed by atoms with Crippen molar-refractivity contribution < 1.29 is 19.4 Å². The number of methoxy groups -OCH3 is 1. The largest absolute Gasteiger partial charge is 0.493 e. The first-order chi connectivity index (χ1) is 9.42. The van der Waals surface area contributed by atoms with Gasteiger partial charge in [0.2, 0.25) is 0 Å². The number of carboxylic acid groups (broad SMARTS) is 1. The van der Waals surface area contributed by atoms with Crippen LogP contribution in [-0.4, -0.2) is 35.8 Å². The highest BCUT2D eigenvalue weighted by Crippen LogP contribution is 2.34. The zero-order chi connectivity index (χ0) is 14.8. The summed E-state index contributed by atoms with van der Waals surface area (Å²) < 4.78 is 11.2. The number of aliphatic carboxylic acids is 1. The van der Waals surface area contributed by atoms with E-state index in [0.29, 0.717) is 12.2 Å². The molecule has 0 bridgehead atoms. The minimum atomic E-state index is -0.803. The fraction of sp³-hybridized carbons (Fsp3) is 0.533. The van der Waals surface area contributed by atoms with Crippen molar-refractivity contribution in [2.45, 2.75) is 26.4 Å². The number of carbonyl (C=O) groups is 1. The Labute approximate surface area is 123 Å². The van der Waals surface area contributed by atoms with Gasteiger partial charge in [-0.3, -0.25) is 4.79 Å². The van der Waals surface area contributed by atoms with Crippen LogP contribution in [0.5, 0.6) is 11.5 Å². The number of rotatable bonds is 6. The van der Waals surface area contributed by atoms with Gasteiger partial charge in [0.05, 0.1) is 12.5 Å². The fourth-order valence-corrected chi connectivity index (χ4v) is 2.53. The van der Waals surface area contributed by atoms with Crippen LogP contribution in [0.25, 0.3) is 0 Å². The van der Waals surface area contributed by atoms with E-state index in [1.807, 2.05) is 30.0 Å². The zero-order valence-corrected chi connectivity index (χ0v) is 12.8. The molecule has 1 N–H and O–H groups in total. The quantitative estimate of drug-likeness (QED) is 0.875. The smallest absolute Gasteiger partial charge is 0.309 e. The van der Waals surface area contributed by atoms with Crippen LogP contribution >= 0.6 is 11.8 Å². The molecular formula is C15H20O4S. The molecule has 1 fully saturated rings. The van der Waals surface area contributed by atoms with E-state index in [1.165, 1.54) is 0 Å². The van der Waals surface area contributed by atoms with Gasteiger partial charge in [0.1, 0.15) is 6.10 Å². The molecule has 1 aromatic carbocycles. The lowest BCUT2D eigenvalue weighted by molar-refractivity contribution is -0.146. The molecule has 2 rings (SSSR count). The second kappa shape index (κ2) is 5.95. The number of hydrogen-bond acceptors (Lipinski definition) is 4. The monoisotopic (exact) mass is 296 g/mol. The summed E-state index contributed by atoms with van der Waals surface area (Å²) in [6, 6.07) is 5.65. The van der Waals surface area contributed by atoms with Crippen LogP contribution in [0.4, 0.5) is 0 Å². The molecule has 1 aliphatic rings. The van der Waals surface area contributed by atoms with E-state index in [2.05, 4.69) is 0 Å². The van der Waals surface area contributed by atoms with Gasteiger partial charge in [-0.15, -0.1) is 0 Å². The minimum absolute atomic E-state index is 0.259. The van der Waals surface area contributed by atoms with E-state index >= 15 is 0 Å². The first-order valence-electron chi connectivity index (χ1n) is 6.57. The van der Waals surface area contributed by atoms with Gasteiger partial charge in [-0.25, -0.2) is 0 Å². The first-order valence-corrected chi connectivity index (χ1v) is 7.72. The Bertz CT molecular complexity index is 495. The second-order valence-electron chi connectivity index (χ2n) is 5.63. The molecule has 0 unspecified atom stereocenters. The molecule has 0 spiro atoms. The van der Waals surface area contributed by atoms with Crippen LogP contribution < -0.4 is 9.47 Å². The lowest BCUT2D eigenvalue weighted by Gasteiger charge is -2.27. The van der Waals surface area contributed by atoms with Crippen LogP contribution in [0.3, 0.4) is 0 Å². The number of ether oxygens (including phenoxy) is 2. The summed E-state index contributed by atoms with van der Waals surface area (Å²) in [4.78, 5) is 11.2. The van der Waals surface area contributed by atoms with E-state index in [9.17, 15) is 9.90 Å². The van der Waals surface area contributed by atoms with Crippen LogP contribution in [-0.2, 0) is 11.2 Å². The van der Waals surface area contributed by atoms with Gasteiger partial charge in [-0.1, -0.05) is 6.07 Å². The molecule has 110 valence electrons. The minimum Gasteiger partial charge on any atom is -0.493 e. The summed E-state index contributed by atoms with van der Waals surface area (Å²) in [7, 11) is 1.60. The molecular weight excluding hydrogens is 276 g/mol. The molecule has 0 atom stereocenters. The van der Waals surface area contributed by atoms with E-state index in [4.69, 9.17) is 9.47 Å². The average molecular weight is 296 g/mol. The highest BCUT2D eigenvalue weighted by atomic mass is 32.2. The van der Waals surface area contributed by atoms with Gasteiger partial charge in [0.25, 0.3) is 0 Å². The zero-order valence-electron chi connectivity index (χ0n) is 12.0. The molecule has 20 heavy (non-hydrogen) atoms. The maximum absolute atomic E-state index is 11.2. The third kappa shape index (κ3) is 3.39. The SMILES string of the molecule is COc1cc(CC(C)(C)C(=O)O)ccc1OC1CSC1. The van der Waals surface area contributed by atoms with Crippen LogP contribution in [0.2, 0.25) is 0 Å². The average Bonchev–Trinajstić information content (AvgIpc) is 2.34. The standard InChI is InChI=1S/C15H20O4S/c1-15(2,14(16)17)7-10-4-5-12(13(6-10)18-3)19-11-8-20-9-11/h4-6,11H,7-9H2,1-3H3,(H,16,17). The van der Waals surface area contributed by atoms with Gasteiger partial charge >= 0.3 is 5.97 Å². The molecule has 1 aliphatic heterocycles. The molecule has 5 heteroatoms. The summed E-state index contributed by atoms with van der Waals surface area (Å²) in [5.74, 6) is 2.62. The third-order valence-electron chi connectivity index (χ3n) is 3.35. The third-order valence-corrected chi connectivity index (χ3v) is 4.57. The summed E-state index contributed by atoms with van der Waals surface area (Å²) >= 11 is 1.86. The highest BCUT2D eigenvalue weighted by molar-refractivity contribution is 8.00. The molecule has 0 amide bonds. The molecule has 1 saturated heterocycles. The summed E-state index contributed by atoms with van der Waals surface area (Å²) in [6.45, 7) is 3.44. The Morgan fingerprint density at radius 3 is 2.60 bits per heavy atom. The van der Waals surface area contributed by atoms with Crippen molar-refractivity contribution >= 4 is 17.7 Å². The number of benzene rings is 1. The Balaban J connectivity index is 2.13. The predicted octanol–water partition coefficient (Wildman–Crippen LogP) is 2.84. The molecule has 0 saturated carbocycles. The van der Waals surface area contributed by atoms with Gasteiger partial charge in [-0.2, -0.15) is 11.8 Å². The van der Waals surface area contributed by atoms with Crippen molar-refractivity contribution in [1.82, 2.24) is 0 Å². The Morgan fingerprint density at radius 2 is 2.10 bits per heavy atom.